The third-order valence-corrected chi connectivity index (χ3v) is 2.89. The van der Waals surface area contributed by atoms with Crippen LogP contribution in [0.3, 0.4) is 0 Å². The van der Waals surface area contributed by atoms with Gasteiger partial charge in [-0.2, -0.15) is 0 Å². The minimum Gasteiger partial charge on any atom is -0.468 e. The number of nitrogens with zero attached hydrogens (tertiary/aromatic N) is 1. The maximum atomic E-state index is 5.59. The molecule has 0 spiro atoms. The lowest BCUT2D eigenvalue weighted by atomic mass is 10.3. The van der Waals surface area contributed by atoms with Crippen molar-refractivity contribution in [2.24, 2.45) is 0 Å². The predicted octanol–water partition coefficient (Wildman–Crippen LogP) is 1.48. The zero-order valence-corrected chi connectivity index (χ0v) is 12.3. The van der Waals surface area contributed by atoms with Crippen molar-refractivity contribution in [3.63, 3.8) is 0 Å². The minimum absolute atomic E-state index is 0.717. The summed E-state index contributed by atoms with van der Waals surface area (Å²) in [7, 11) is 3.44. The van der Waals surface area contributed by atoms with Crippen LogP contribution in [0.5, 0.6) is 0 Å². The Hall–Kier alpha value is -0.880. The molecule has 0 atom stereocenters. The predicted molar refractivity (Wildman–Crippen MR) is 75.1 cm³/mol. The van der Waals surface area contributed by atoms with E-state index in [4.69, 9.17) is 13.9 Å². The van der Waals surface area contributed by atoms with Gasteiger partial charge in [0, 0.05) is 39.4 Å². The first kappa shape index (κ1) is 16.2. The zero-order chi connectivity index (χ0) is 13.9. The van der Waals surface area contributed by atoms with E-state index in [-0.39, 0.29) is 0 Å². The maximum absolute atomic E-state index is 5.59. The fraction of sp³-hybridized carbons (Fsp3) is 0.714. The summed E-state index contributed by atoms with van der Waals surface area (Å²) < 4.78 is 15.8. The number of ether oxygens (including phenoxy) is 2. The highest BCUT2D eigenvalue weighted by molar-refractivity contribution is 5.12. The topological polar surface area (TPSA) is 46.9 Å². The van der Waals surface area contributed by atoms with Gasteiger partial charge in [-0.05, 0) is 12.6 Å². The third kappa shape index (κ3) is 6.73. The quantitative estimate of drug-likeness (QED) is 0.660. The highest BCUT2D eigenvalue weighted by Crippen LogP contribution is 2.10. The first-order valence-corrected chi connectivity index (χ1v) is 6.77. The number of rotatable bonds is 11. The highest BCUT2D eigenvalue weighted by atomic mass is 16.5. The average Bonchev–Trinajstić information content (AvgIpc) is 2.87. The van der Waals surface area contributed by atoms with Crippen LogP contribution in [0.2, 0.25) is 0 Å². The molecule has 1 heterocycles. The molecule has 1 N–H and O–H groups in total. The second-order valence-electron chi connectivity index (χ2n) is 4.46. The van der Waals surface area contributed by atoms with E-state index in [1.807, 2.05) is 6.26 Å². The summed E-state index contributed by atoms with van der Waals surface area (Å²) in [4.78, 5) is 2.27. The van der Waals surface area contributed by atoms with Gasteiger partial charge < -0.3 is 19.2 Å². The van der Waals surface area contributed by atoms with Crippen LogP contribution < -0.4 is 5.32 Å². The molecule has 0 aromatic carbocycles. The van der Waals surface area contributed by atoms with Gasteiger partial charge in [0.2, 0.25) is 0 Å². The van der Waals surface area contributed by atoms with E-state index in [0.29, 0.717) is 13.2 Å². The van der Waals surface area contributed by atoms with E-state index >= 15 is 0 Å². The molecule has 0 aliphatic heterocycles. The van der Waals surface area contributed by atoms with Gasteiger partial charge >= 0.3 is 0 Å². The smallest absolute Gasteiger partial charge is 0.118 e. The summed E-state index contributed by atoms with van der Waals surface area (Å²) >= 11 is 0. The standard InChI is InChI=1S/C14H26N2O3/c1-4-15-10-13-9-14(19-12-13)11-16(5-7-17-2)6-8-18-3/h9,12,15H,4-8,10-11H2,1-3H3. The molecule has 0 aliphatic carbocycles. The molecule has 0 aliphatic rings. The number of methoxy groups -OCH3 is 2. The van der Waals surface area contributed by atoms with Gasteiger partial charge in [0.1, 0.15) is 5.76 Å². The number of hydrogen-bond acceptors (Lipinski definition) is 5. The normalized spacial score (nSPS) is 11.4. The zero-order valence-electron chi connectivity index (χ0n) is 12.3. The monoisotopic (exact) mass is 270 g/mol. The van der Waals surface area contributed by atoms with Gasteiger partial charge in [0.15, 0.2) is 0 Å². The molecule has 0 unspecified atom stereocenters. The maximum Gasteiger partial charge on any atom is 0.118 e. The van der Waals surface area contributed by atoms with Gasteiger partial charge in [-0.3, -0.25) is 4.90 Å². The molecule has 1 rings (SSSR count). The van der Waals surface area contributed by atoms with E-state index in [9.17, 15) is 0 Å². The van der Waals surface area contributed by atoms with E-state index < -0.39 is 0 Å². The van der Waals surface area contributed by atoms with Crippen LogP contribution in [0.15, 0.2) is 16.7 Å². The van der Waals surface area contributed by atoms with Crippen molar-refractivity contribution >= 4 is 0 Å². The van der Waals surface area contributed by atoms with Gasteiger partial charge in [0.05, 0.1) is 26.0 Å². The first-order valence-electron chi connectivity index (χ1n) is 6.77. The minimum atomic E-state index is 0.717. The largest absolute Gasteiger partial charge is 0.468 e. The van der Waals surface area contributed by atoms with Crippen molar-refractivity contribution in [3.05, 3.63) is 23.7 Å². The molecular weight excluding hydrogens is 244 g/mol. The third-order valence-electron chi connectivity index (χ3n) is 2.89. The Kier molecular flexibility index (Phi) is 8.49. The van der Waals surface area contributed by atoms with Crippen LogP contribution >= 0.6 is 0 Å². The Bertz CT molecular complexity index is 320. The second-order valence-corrected chi connectivity index (χ2v) is 4.46. The number of furan rings is 1. The van der Waals surface area contributed by atoms with Crippen molar-refractivity contribution in [2.45, 2.75) is 20.0 Å². The van der Waals surface area contributed by atoms with Gasteiger partial charge in [-0.25, -0.2) is 0 Å². The fourth-order valence-electron chi connectivity index (χ4n) is 1.80. The van der Waals surface area contributed by atoms with Crippen molar-refractivity contribution in [2.75, 3.05) is 47.1 Å². The highest BCUT2D eigenvalue weighted by Gasteiger charge is 2.09. The summed E-state index contributed by atoms with van der Waals surface area (Å²) in [6, 6.07) is 2.11. The molecule has 1 aromatic heterocycles. The Labute approximate surface area is 115 Å². The van der Waals surface area contributed by atoms with E-state index in [2.05, 4.69) is 23.2 Å². The molecule has 110 valence electrons. The van der Waals surface area contributed by atoms with E-state index in [1.165, 1.54) is 5.56 Å². The summed E-state index contributed by atoms with van der Waals surface area (Å²) in [6.07, 6.45) is 1.82. The summed E-state index contributed by atoms with van der Waals surface area (Å²) in [6.45, 7) is 7.90. The van der Waals surface area contributed by atoms with Crippen LogP contribution in [0.25, 0.3) is 0 Å². The van der Waals surface area contributed by atoms with Crippen molar-refractivity contribution < 1.29 is 13.9 Å². The second kappa shape index (κ2) is 9.97. The molecule has 0 saturated heterocycles. The Morgan fingerprint density at radius 3 is 2.47 bits per heavy atom. The molecule has 0 bridgehead atoms. The SMILES string of the molecule is CCNCc1coc(CN(CCOC)CCOC)c1. The Balaban J connectivity index is 2.44. The lowest BCUT2D eigenvalue weighted by molar-refractivity contribution is 0.106. The Morgan fingerprint density at radius 2 is 1.89 bits per heavy atom. The molecule has 0 radical (unpaired) electrons. The summed E-state index contributed by atoms with van der Waals surface area (Å²) in [5, 5.41) is 3.29. The van der Waals surface area contributed by atoms with Gasteiger partial charge in [-0.15, -0.1) is 0 Å². The van der Waals surface area contributed by atoms with Gasteiger partial charge in [-0.1, -0.05) is 6.92 Å². The fourth-order valence-corrected chi connectivity index (χ4v) is 1.80. The molecule has 1 aromatic rings. The van der Waals surface area contributed by atoms with Crippen molar-refractivity contribution in [1.82, 2.24) is 10.2 Å². The lowest BCUT2D eigenvalue weighted by Gasteiger charge is -2.20. The van der Waals surface area contributed by atoms with E-state index in [1.54, 1.807) is 14.2 Å². The molecule has 0 amide bonds. The van der Waals surface area contributed by atoms with Crippen LogP contribution in [-0.2, 0) is 22.6 Å². The Morgan fingerprint density at radius 1 is 1.21 bits per heavy atom. The van der Waals surface area contributed by atoms with Crippen LogP contribution in [0, 0.1) is 0 Å². The lowest BCUT2D eigenvalue weighted by Crippen LogP contribution is -2.30. The number of nitrogens with one attached hydrogen (secondary N) is 1. The van der Waals surface area contributed by atoms with Crippen molar-refractivity contribution in [3.8, 4) is 0 Å². The number of hydrogen-bond donors (Lipinski definition) is 1. The molecule has 0 saturated carbocycles. The van der Waals surface area contributed by atoms with Crippen LogP contribution in [-0.4, -0.2) is 52.0 Å². The first-order chi connectivity index (χ1) is 9.30. The molecule has 19 heavy (non-hydrogen) atoms. The molecular formula is C14H26N2O3. The molecule has 5 nitrogen and oxygen atoms in total. The average molecular weight is 270 g/mol. The molecule has 5 heteroatoms. The molecule has 0 fully saturated rings. The van der Waals surface area contributed by atoms with Gasteiger partial charge in [0.25, 0.3) is 0 Å². The van der Waals surface area contributed by atoms with E-state index in [0.717, 1.165) is 38.5 Å². The van der Waals surface area contributed by atoms with Crippen LogP contribution in [0.1, 0.15) is 18.2 Å². The van der Waals surface area contributed by atoms with Crippen molar-refractivity contribution in [1.29, 1.82) is 0 Å². The summed E-state index contributed by atoms with van der Waals surface area (Å²) in [5.74, 6) is 0.986. The summed E-state index contributed by atoms with van der Waals surface area (Å²) in [5.41, 5.74) is 1.19. The van der Waals surface area contributed by atoms with Crippen LogP contribution in [0.4, 0.5) is 0 Å².